The van der Waals surface area contributed by atoms with Crippen molar-refractivity contribution in [1.29, 1.82) is 0 Å². The summed E-state index contributed by atoms with van der Waals surface area (Å²) < 4.78 is 0.699. The first-order chi connectivity index (χ1) is 8.69. The van der Waals surface area contributed by atoms with Gasteiger partial charge in [-0.05, 0) is 46.8 Å². The largest absolute Gasteiger partial charge is 0.348 e. The van der Waals surface area contributed by atoms with Gasteiger partial charge in [0.1, 0.15) is 10.3 Å². The van der Waals surface area contributed by atoms with E-state index in [2.05, 4.69) is 33.2 Å². The van der Waals surface area contributed by atoms with Gasteiger partial charge in [0, 0.05) is 6.04 Å². The van der Waals surface area contributed by atoms with Crippen LogP contribution in [0.15, 0.2) is 22.8 Å². The summed E-state index contributed by atoms with van der Waals surface area (Å²) in [5, 5.41) is 3.10. The van der Waals surface area contributed by atoms with E-state index < -0.39 is 0 Å². The minimum absolute atomic E-state index is 0.0574. The van der Waals surface area contributed by atoms with E-state index in [1.807, 2.05) is 12.1 Å². The number of rotatable bonds is 3. The lowest BCUT2D eigenvalue weighted by Gasteiger charge is -2.28. The Morgan fingerprint density at radius 2 is 2.33 bits per heavy atom. The third kappa shape index (κ3) is 3.55. The van der Waals surface area contributed by atoms with Crippen LogP contribution in [0.25, 0.3) is 0 Å². The lowest BCUT2D eigenvalue weighted by atomic mass is 9.84. The first-order valence-electron chi connectivity index (χ1n) is 6.62. The molecule has 0 bridgehead atoms. The number of halogens is 1. The zero-order valence-electron chi connectivity index (χ0n) is 10.7. The van der Waals surface area contributed by atoms with Crippen molar-refractivity contribution in [3.05, 3.63) is 28.5 Å². The molecule has 18 heavy (non-hydrogen) atoms. The van der Waals surface area contributed by atoms with Gasteiger partial charge >= 0.3 is 0 Å². The van der Waals surface area contributed by atoms with Crippen LogP contribution in [0.3, 0.4) is 0 Å². The van der Waals surface area contributed by atoms with Crippen molar-refractivity contribution in [1.82, 2.24) is 10.3 Å². The highest BCUT2D eigenvalue weighted by atomic mass is 79.9. The average molecular weight is 311 g/mol. The fourth-order valence-corrected chi connectivity index (χ4v) is 2.93. The maximum Gasteiger partial charge on any atom is 0.270 e. The first-order valence-corrected chi connectivity index (χ1v) is 7.41. The lowest BCUT2D eigenvalue weighted by Crippen LogP contribution is -2.38. The normalized spacial score (nSPS) is 23.7. The summed E-state index contributed by atoms with van der Waals surface area (Å²) in [6, 6.07) is 5.73. The maximum absolute atomic E-state index is 12.1. The minimum Gasteiger partial charge on any atom is -0.348 e. The van der Waals surface area contributed by atoms with Crippen LogP contribution in [0.5, 0.6) is 0 Å². The van der Waals surface area contributed by atoms with Gasteiger partial charge in [-0.1, -0.05) is 32.3 Å². The van der Waals surface area contributed by atoms with Crippen LogP contribution in [-0.4, -0.2) is 16.9 Å². The maximum atomic E-state index is 12.1. The lowest BCUT2D eigenvalue weighted by molar-refractivity contribution is 0.0914. The Bertz CT molecular complexity index is 422. The Labute approximate surface area is 117 Å². The summed E-state index contributed by atoms with van der Waals surface area (Å²) in [4.78, 5) is 16.2. The van der Waals surface area contributed by atoms with E-state index in [0.717, 1.165) is 18.8 Å². The van der Waals surface area contributed by atoms with Crippen LogP contribution < -0.4 is 5.32 Å². The molecular weight excluding hydrogens is 292 g/mol. The SMILES string of the molecule is CCC1CCCC(NC(=O)c2cccc(Br)n2)C1. The Kier molecular flexibility index (Phi) is 4.75. The van der Waals surface area contributed by atoms with Crippen molar-refractivity contribution < 1.29 is 4.79 Å². The molecule has 98 valence electrons. The van der Waals surface area contributed by atoms with Crippen LogP contribution in [0.4, 0.5) is 0 Å². The van der Waals surface area contributed by atoms with E-state index in [9.17, 15) is 4.79 Å². The predicted octanol–water partition coefficient (Wildman–Crippen LogP) is 3.54. The highest BCUT2D eigenvalue weighted by molar-refractivity contribution is 9.10. The van der Waals surface area contributed by atoms with Crippen molar-refractivity contribution in [2.24, 2.45) is 5.92 Å². The number of amides is 1. The molecule has 2 atom stereocenters. The molecule has 1 heterocycles. The molecule has 0 aliphatic heterocycles. The predicted molar refractivity (Wildman–Crippen MR) is 75.4 cm³/mol. The van der Waals surface area contributed by atoms with Crippen LogP contribution >= 0.6 is 15.9 Å². The van der Waals surface area contributed by atoms with Gasteiger partial charge in [0.15, 0.2) is 0 Å². The highest BCUT2D eigenvalue weighted by Gasteiger charge is 2.22. The van der Waals surface area contributed by atoms with E-state index in [1.54, 1.807) is 6.07 Å². The van der Waals surface area contributed by atoms with Crippen LogP contribution in [0.2, 0.25) is 0 Å². The van der Waals surface area contributed by atoms with E-state index in [0.29, 0.717) is 16.3 Å². The Balaban J connectivity index is 1.95. The van der Waals surface area contributed by atoms with Gasteiger partial charge in [-0.3, -0.25) is 4.79 Å². The molecule has 3 nitrogen and oxygen atoms in total. The second kappa shape index (κ2) is 6.32. The molecule has 0 radical (unpaired) electrons. The van der Waals surface area contributed by atoms with Gasteiger partial charge < -0.3 is 5.32 Å². The molecule has 0 aromatic carbocycles. The number of hydrogen-bond donors (Lipinski definition) is 1. The van der Waals surface area contributed by atoms with Gasteiger partial charge in [0.05, 0.1) is 0 Å². The fourth-order valence-electron chi connectivity index (χ4n) is 2.59. The molecule has 0 saturated heterocycles. The fraction of sp³-hybridized carbons (Fsp3) is 0.571. The molecule has 0 spiro atoms. The number of nitrogens with one attached hydrogen (secondary N) is 1. The van der Waals surface area contributed by atoms with E-state index in [-0.39, 0.29) is 5.91 Å². The van der Waals surface area contributed by atoms with Gasteiger partial charge in [0.25, 0.3) is 5.91 Å². The second-order valence-corrected chi connectivity index (χ2v) is 5.77. The first kappa shape index (κ1) is 13.5. The van der Waals surface area contributed by atoms with Crippen molar-refractivity contribution in [2.75, 3.05) is 0 Å². The highest BCUT2D eigenvalue weighted by Crippen LogP contribution is 2.26. The Hall–Kier alpha value is -0.900. The summed E-state index contributed by atoms with van der Waals surface area (Å²) in [6.07, 6.45) is 5.93. The summed E-state index contributed by atoms with van der Waals surface area (Å²) >= 11 is 3.29. The zero-order chi connectivity index (χ0) is 13.0. The van der Waals surface area contributed by atoms with Crippen LogP contribution in [0, 0.1) is 5.92 Å². The van der Waals surface area contributed by atoms with Crippen molar-refractivity contribution in [3.8, 4) is 0 Å². The molecular formula is C14H19BrN2O. The molecule has 1 saturated carbocycles. The molecule has 2 unspecified atom stereocenters. The van der Waals surface area contributed by atoms with Crippen LogP contribution in [0.1, 0.15) is 49.5 Å². The monoisotopic (exact) mass is 310 g/mol. The number of carbonyl (C=O) groups is 1. The number of nitrogens with zero attached hydrogens (tertiary/aromatic N) is 1. The average Bonchev–Trinajstić information content (AvgIpc) is 2.39. The smallest absolute Gasteiger partial charge is 0.270 e. The zero-order valence-corrected chi connectivity index (χ0v) is 12.2. The minimum atomic E-state index is -0.0574. The van der Waals surface area contributed by atoms with Gasteiger partial charge in [-0.2, -0.15) is 0 Å². The topological polar surface area (TPSA) is 42.0 Å². The van der Waals surface area contributed by atoms with Gasteiger partial charge in [0.2, 0.25) is 0 Å². The van der Waals surface area contributed by atoms with Crippen LogP contribution in [-0.2, 0) is 0 Å². The van der Waals surface area contributed by atoms with Gasteiger partial charge in [-0.25, -0.2) is 4.98 Å². The number of carbonyl (C=O) groups excluding carboxylic acids is 1. The van der Waals surface area contributed by atoms with E-state index >= 15 is 0 Å². The number of aromatic nitrogens is 1. The van der Waals surface area contributed by atoms with Crippen molar-refractivity contribution >= 4 is 21.8 Å². The number of hydrogen-bond acceptors (Lipinski definition) is 2. The quantitative estimate of drug-likeness (QED) is 0.868. The molecule has 2 rings (SSSR count). The third-order valence-corrected chi connectivity index (χ3v) is 4.08. The molecule has 1 aliphatic carbocycles. The molecule has 1 amide bonds. The summed E-state index contributed by atoms with van der Waals surface area (Å²) in [5.41, 5.74) is 0.489. The Morgan fingerprint density at radius 1 is 1.50 bits per heavy atom. The van der Waals surface area contributed by atoms with E-state index in [4.69, 9.17) is 0 Å². The second-order valence-electron chi connectivity index (χ2n) is 4.96. The van der Waals surface area contributed by atoms with Gasteiger partial charge in [-0.15, -0.1) is 0 Å². The molecule has 1 aromatic rings. The van der Waals surface area contributed by atoms with Crippen molar-refractivity contribution in [3.63, 3.8) is 0 Å². The molecule has 1 N–H and O–H groups in total. The summed E-state index contributed by atoms with van der Waals surface area (Å²) in [5.74, 6) is 0.706. The van der Waals surface area contributed by atoms with E-state index in [1.165, 1.54) is 19.3 Å². The molecule has 1 aromatic heterocycles. The Morgan fingerprint density at radius 3 is 3.06 bits per heavy atom. The number of pyridine rings is 1. The molecule has 4 heteroatoms. The summed E-state index contributed by atoms with van der Waals surface area (Å²) in [7, 11) is 0. The standard InChI is InChI=1S/C14H19BrN2O/c1-2-10-5-3-6-11(9-10)16-14(18)12-7-4-8-13(15)17-12/h4,7-8,10-11H,2-3,5-6,9H2,1H3,(H,16,18). The molecule has 1 aliphatic rings. The van der Waals surface area contributed by atoms with Crippen molar-refractivity contribution in [2.45, 2.75) is 45.1 Å². The third-order valence-electron chi connectivity index (χ3n) is 3.64. The summed E-state index contributed by atoms with van der Waals surface area (Å²) in [6.45, 7) is 2.23. The molecule has 1 fully saturated rings.